The van der Waals surface area contributed by atoms with Gasteiger partial charge in [0.25, 0.3) is 0 Å². The van der Waals surface area contributed by atoms with Crippen molar-refractivity contribution in [3.8, 4) is 0 Å². The highest BCUT2D eigenvalue weighted by atomic mass is 16.2. The topological polar surface area (TPSA) is 29.1 Å². The zero-order valence-electron chi connectivity index (χ0n) is 4.48. The molecule has 2 heteroatoms. The van der Waals surface area contributed by atoms with Gasteiger partial charge in [-0.1, -0.05) is 6.08 Å². The van der Waals surface area contributed by atoms with E-state index in [4.69, 9.17) is 0 Å². The molecule has 2 nitrogen and oxygen atoms in total. The Balaban J connectivity index is 2.40. The summed E-state index contributed by atoms with van der Waals surface area (Å²) in [5, 5.41) is 2.85. The van der Waals surface area contributed by atoms with Crippen molar-refractivity contribution in [3.05, 3.63) is 11.6 Å². The van der Waals surface area contributed by atoms with Crippen molar-refractivity contribution in [2.45, 2.75) is 18.9 Å². The molecule has 0 spiro atoms. The van der Waals surface area contributed by atoms with Crippen molar-refractivity contribution in [3.63, 3.8) is 0 Å². The fourth-order valence-corrected chi connectivity index (χ4v) is 1.29. The molecule has 1 aliphatic carbocycles. The van der Waals surface area contributed by atoms with Crippen LogP contribution in [0.2, 0.25) is 0 Å². The molecule has 0 aromatic rings. The monoisotopic (exact) mass is 109 g/mol. The standard InChI is InChI=1S/C6H7NO/c8-6-4-1-2-5(3-4)7-6/h1,5H,2-3H2,(H,7,8). The van der Waals surface area contributed by atoms with Crippen LogP contribution in [0.3, 0.4) is 0 Å². The Hall–Kier alpha value is -0.790. The summed E-state index contributed by atoms with van der Waals surface area (Å²) in [6.07, 6.45) is 4.06. The Bertz CT molecular complexity index is 169. The summed E-state index contributed by atoms with van der Waals surface area (Å²) in [7, 11) is 0. The third-order valence-corrected chi connectivity index (χ3v) is 1.74. The van der Waals surface area contributed by atoms with Crippen LogP contribution in [0.4, 0.5) is 0 Å². The minimum Gasteiger partial charge on any atom is -0.349 e. The maximum absolute atomic E-state index is 10.7. The maximum Gasteiger partial charge on any atom is 0.247 e. The van der Waals surface area contributed by atoms with Crippen LogP contribution in [0.1, 0.15) is 12.8 Å². The number of fused-ring (bicyclic) bond motifs is 2. The summed E-state index contributed by atoms with van der Waals surface area (Å²) in [6, 6.07) is 0.456. The lowest BCUT2D eigenvalue weighted by Crippen LogP contribution is -2.26. The lowest BCUT2D eigenvalue weighted by Gasteiger charge is -2.03. The van der Waals surface area contributed by atoms with Gasteiger partial charge in [0, 0.05) is 11.6 Å². The van der Waals surface area contributed by atoms with Gasteiger partial charge in [-0.25, -0.2) is 0 Å². The first-order valence-electron chi connectivity index (χ1n) is 2.86. The van der Waals surface area contributed by atoms with Crippen molar-refractivity contribution < 1.29 is 4.79 Å². The summed E-state index contributed by atoms with van der Waals surface area (Å²) in [5.74, 6) is 0.154. The molecule has 1 saturated heterocycles. The third-order valence-electron chi connectivity index (χ3n) is 1.74. The Morgan fingerprint density at radius 2 is 2.62 bits per heavy atom. The van der Waals surface area contributed by atoms with Gasteiger partial charge in [-0.2, -0.15) is 0 Å². The molecule has 1 unspecified atom stereocenters. The molecular weight excluding hydrogens is 102 g/mol. The minimum atomic E-state index is 0.154. The van der Waals surface area contributed by atoms with Crippen molar-refractivity contribution in [1.29, 1.82) is 0 Å². The van der Waals surface area contributed by atoms with E-state index in [1.165, 1.54) is 0 Å². The van der Waals surface area contributed by atoms with Crippen LogP contribution >= 0.6 is 0 Å². The molecule has 1 fully saturated rings. The van der Waals surface area contributed by atoms with Crippen LogP contribution < -0.4 is 5.32 Å². The molecule has 2 aliphatic rings. The average Bonchev–Trinajstić information content (AvgIpc) is 2.23. The number of carbonyl (C=O) groups is 1. The van der Waals surface area contributed by atoms with Crippen LogP contribution in [0.5, 0.6) is 0 Å². The zero-order valence-corrected chi connectivity index (χ0v) is 4.48. The third kappa shape index (κ3) is 0.351. The lowest BCUT2D eigenvalue weighted by atomic mass is 10.3. The number of amides is 1. The first-order chi connectivity index (χ1) is 3.86. The Morgan fingerprint density at radius 3 is 2.88 bits per heavy atom. The van der Waals surface area contributed by atoms with Gasteiger partial charge < -0.3 is 5.32 Å². The number of carbonyl (C=O) groups excluding carboxylic acids is 1. The van der Waals surface area contributed by atoms with Crippen LogP contribution in [0, 0.1) is 0 Å². The molecule has 1 atom stereocenters. The van der Waals surface area contributed by atoms with E-state index < -0.39 is 0 Å². The molecule has 0 radical (unpaired) electrons. The number of hydrogen-bond donors (Lipinski definition) is 1. The molecule has 1 heterocycles. The summed E-state index contributed by atoms with van der Waals surface area (Å²) in [4.78, 5) is 10.7. The molecule has 0 saturated carbocycles. The Kier molecular flexibility index (Phi) is 0.583. The predicted octanol–water partition coefficient (Wildman–Crippen LogP) is 0.205. The van der Waals surface area contributed by atoms with Gasteiger partial charge in [0.05, 0.1) is 0 Å². The van der Waals surface area contributed by atoms with E-state index in [9.17, 15) is 4.79 Å². The minimum absolute atomic E-state index is 0.154. The largest absolute Gasteiger partial charge is 0.349 e. The maximum atomic E-state index is 10.7. The Labute approximate surface area is 47.6 Å². The summed E-state index contributed by atoms with van der Waals surface area (Å²) in [5.41, 5.74) is 0.995. The second-order valence-corrected chi connectivity index (χ2v) is 2.34. The molecule has 2 bridgehead atoms. The van der Waals surface area contributed by atoms with Gasteiger partial charge in [-0.05, 0) is 12.8 Å². The highest BCUT2D eigenvalue weighted by Gasteiger charge is 2.29. The van der Waals surface area contributed by atoms with E-state index in [-0.39, 0.29) is 5.91 Å². The van der Waals surface area contributed by atoms with E-state index in [0.717, 1.165) is 18.4 Å². The summed E-state index contributed by atoms with van der Waals surface area (Å²) >= 11 is 0. The van der Waals surface area contributed by atoms with E-state index in [0.29, 0.717) is 6.04 Å². The van der Waals surface area contributed by atoms with Gasteiger partial charge in [-0.3, -0.25) is 4.79 Å². The van der Waals surface area contributed by atoms with Crippen LogP contribution in [-0.2, 0) is 4.79 Å². The molecule has 8 heavy (non-hydrogen) atoms. The highest BCUT2D eigenvalue weighted by molar-refractivity contribution is 5.97. The fraction of sp³-hybridized carbons (Fsp3) is 0.500. The number of rotatable bonds is 0. The summed E-state index contributed by atoms with van der Waals surface area (Å²) < 4.78 is 0. The normalized spacial score (nSPS) is 32.8. The average molecular weight is 109 g/mol. The molecule has 1 aliphatic heterocycles. The van der Waals surface area contributed by atoms with Crippen molar-refractivity contribution >= 4 is 5.91 Å². The van der Waals surface area contributed by atoms with Gasteiger partial charge in [0.15, 0.2) is 0 Å². The van der Waals surface area contributed by atoms with E-state index in [1.807, 2.05) is 6.08 Å². The van der Waals surface area contributed by atoms with Crippen LogP contribution in [0.25, 0.3) is 0 Å². The first kappa shape index (κ1) is 4.13. The molecule has 1 N–H and O–H groups in total. The van der Waals surface area contributed by atoms with Crippen LogP contribution in [-0.4, -0.2) is 11.9 Å². The molecule has 0 aromatic carbocycles. The lowest BCUT2D eigenvalue weighted by molar-refractivity contribution is -0.116. The van der Waals surface area contributed by atoms with Gasteiger partial charge in [0.2, 0.25) is 5.91 Å². The Morgan fingerprint density at radius 1 is 1.75 bits per heavy atom. The number of nitrogens with one attached hydrogen (secondary N) is 1. The molecule has 42 valence electrons. The van der Waals surface area contributed by atoms with Crippen LogP contribution in [0.15, 0.2) is 11.6 Å². The highest BCUT2D eigenvalue weighted by Crippen LogP contribution is 2.24. The second-order valence-electron chi connectivity index (χ2n) is 2.34. The van der Waals surface area contributed by atoms with Crippen molar-refractivity contribution in [1.82, 2.24) is 5.32 Å². The van der Waals surface area contributed by atoms with E-state index in [2.05, 4.69) is 5.32 Å². The van der Waals surface area contributed by atoms with Gasteiger partial charge in [0.1, 0.15) is 0 Å². The zero-order chi connectivity index (χ0) is 5.56. The molecule has 1 amide bonds. The SMILES string of the molecule is O=C1NC2CC=C1C2. The predicted molar refractivity (Wildman–Crippen MR) is 29.2 cm³/mol. The number of hydrogen-bond acceptors (Lipinski definition) is 1. The fourth-order valence-electron chi connectivity index (χ4n) is 1.29. The quantitative estimate of drug-likeness (QED) is 0.473. The van der Waals surface area contributed by atoms with Crippen molar-refractivity contribution in [2.75, 3.05) is 0 Å². The van der Waals surface area contributed by atoms with Gasteiger partial charge in [-0.15, -0.1) is 0 Å². The molecular formula is C6H7NO. The molecule has 2 rings (SSSR count). The van der Waals surface area contributed by atoms with E-state index in [1.54, 1.807) is 0 Å². The first-order valence-corrected chi connectivity index (χ1v) is 2.86. The second kappa shape index (κ2) is 1.13. The summed E-state index contributed by atoms with van der Waals surface area (Å²) in [6.45, 7) is 0. The molecule has 0 aromatic heterocycles. The smallest absolute Gasteiger partial charge is 0.247 e. The van der Waals surface area contributed by atoms with Gasteiger partial charge >= 0.3 is 0 Å². The van der Waals surface area contributed by atoms with E-state index >= 15 is 0 Å². The van der Waals surface area contributed by atoms with Crippen molar-refractivity contribution in [2.24, 2.45) is 0 Å².